The van der Waals surface area contributed by atoms with Gasteiger partial charge in [0, 0.05) is 31.6 Å². The molecule has 2 aromatic rings. The van der Waals surface area contributed by atoms with E-state index < -0.39 is 0 Å². The van der Waals surface area contributed by atoms with E-state index in [0.717, 1.165) is 24.6 Å². The summed E-state index contributed by atoms with van der Waals surface area (Å²) < 4.78 is 5.14. The van der Waals surface area contributed by atoms with Crippen LogP contribution in [-0.4, -0.2) is 43.6 Å². The number of aliphatic imine (C=N–C) groups is 1. The molecular weight excluding hydrogens is 423 g/mol. The monoisotopic (exact) mass is 446 g/mol. The maximum Gasteiger partial charge on any atom is 0.213 e. The van der Waals surface area contributed by atoms with E-state index in [-0.39, 0.29) is 24.0 Å². The van der Waals surface area contributed by atoms with Crippen LogP contribution in [0, 0.1) is 0 Å². The van der Waals surface area contributed by atoms with E-state index in [4.69, 9.17) is 4.74 Å². The molecule has 0 aromatic carbocycles. The molecule has 0 unspecified atom stereocenters. The zero-order valence-electron chi connectivity index (χ0n) is 13.7. The number of nitrogens with one attached hydrogen (secondary N) is 1. The van der Waals surface area contributed by atoms with Crippen molar-refractivity contribution < 1.29 is 4.74 Å². The average Bonchev–Trinajstić information content (AvgIpc) is 3.07. The summed E-state index contributed by atoms with van der Waals surface area (Å²) in [6.45, 7) is 1.54. The fourth-order valence-corrected chi connectivity index (χ4v) is 2.76. The number of nitrogens with zero attached hydrogens (tertiary/aromatic N) is 3. The van der Waals surface area contributed by atoms with Gasteiger partial charge in [0.15, 0.2) is 5.96 Å². The molecule has 2 rings (SSSR count). The highest BCUT2D eigenvalue weighted by Crippen LogP contribution is 2.09. The summed E-state index contributed by atoms with van der Waals surface area (Å²) >= 11 is 1.79. The van der Waals surface area contributed by atoms with Gasteiger partial charge in [-0.05, 0) is 23.9 Å². The number of rotatable bonds is 6. The number of halogens is 1. The number of hydrogen-bond donors (Lipinski definition) is 1. The van der Waals surface area contributed by atoms with Gasteiger partial charge in [0.05, 0.1) is 19.3 Å². The zero-order valence-corrected chi connectivity index (χ0v) is 16.8. The maximum atomic E-state index is 5.14. The van der Waals surface area contributed by atoms with Gasteiger partial charge in [-0.3, -0.25) is 4.99 Å². The first kappa shape index (κ1) is 19.7. The van der Waals surface area contributed by atoms with Crippen LogP contribution < -0.4 is 10.1 Å². The van der Waals surface area contributed by atoms with Crippen LogP contribution in [0.3, 0.4) is 0 Å². The van der Waals surface area contributed by atoms with Crippen molar-refractivity contribution in [1.82, 2.24) is 15.2 Å². The second-order valence-corrected chi connectivity index (χ2v) is 5.86. The van der Waals surface area contributed by atoms with E-state index in [0.29, 0.717) is 12.4 Å². The smallest absolute Gasteiger partial charge is 0.213 e. The van der Waals surface area contributed by atoms with Gasteiger partial charge in [0.1, 0.15) is 0 Å². The second-order valence-electron chi connectivity index (χ2n) is 4.82. The average molecular weight is 446 g/mol. The van der Waals surface area contributed by atoms with E-state index in [1.54, 1.807) is 25.5 Å². The first-order valence-corrected chi connectivity index (χ1v) is 8.05. The minimum atomic E-state index is 0. The Hall–Kier alpha value is -1.35. The Morgan fingerprint density at radius 2 is 2.17 bits per heavy atom. The minimum Gasteiger partial charge on any atom is -0.481 e. The van der Waals surface area contributed by atoms with E-state index in [1.165, 1.54) is 4.88 Å². The molecule has 0 saturated carbocycles. The van der Waals surface area contributed by atoms with Crippen LogP contribution in [0.4, 0.5) is 0 Å². The number of aromatic nitrogens is 1. The molecule has 0 fully saturated rings. The predicted octanol–water partition coefficient (Wildman–Crippen LogP) is 3.02. The van der Waals surface area contributed by atoms with Gasteiger partial charge in [-0.1, -0.05) is 12.1 Å². The number of methoxy groups -OCH3 is 1. The van der Waals surface area contributed by atoms with Gasteiger partial charge in [0.25, 0.3) is 0 Å². The third-order valence-electron chi connectivity index (χ3n) is 3.27. The van der Waals surface area contributed by atoms with Gasteiger partial charge in [0.2, 0.25) is 5.88 Å². The van der Waals surface area contributed by atoms with Crippen LogP contribution in [0.15, 0.2) is 40.7 Å². The van der Waals surface area contributed by atoms with Crippen molar-refractivity contribution in [2.24, 2.45) is 4.99 Å². The Kier molecular flexibility index (Phi) is 8.93. The van der Waals surface area contributed by atoms with Crippen LogP contribution in [0.2, 0.25) is 0 Å². The summed E-state index contributed by atoms with van der Waals surface area (Å²) in [6, 6.07) is 9.99. The van der Waals surface area contributed by atoms with Crippen LogP contribution in [0.5, 0.6) is 5.88 Å². The number of likely N-dealkylation sites (N-methyl/N-ethyl adjacent to an activating group) is 1. The maximum absolute atomic E-state index is 5.14. The van der Waals surface area contributed by atoms with Gasteiger partial charge < -0.3 is 15.0 Å². The molecule has 5 nitrogen and oxygen atoms in total. The Labute approximate surface area is 158 Å². The summed E-state index contributed by atoms with van der Waals surface area (Å²) in [5.41, 5.74) is 0.923. The van der Waals surface area contributed by atoms with Crippen LogP contribution in [-0.2, 0) is 13.0 Å². The van der Waals surface area contributed by atoms with Gasteiger partial charge >= 0.3 is 0 Å². The fourth-order valence-electron chi connectivity index (χ4n) is 2.06. The lowest BCUT2D eigenvalue weighted by molar-refractivity contribution is 0.396. The molecule has 0 aliphatic heterocycles. The molecule has 1 N–H and O–H groups in total. The number of pyridine rings is 1. The minimum absolute atomic E-state index is 0. The molecule has 2 aromatic heterocycles. The first-order valence-electron chi connectivity index (χ1n) is 7.17. The van der Waals surface area contributed by atoms with Crippen LogP contribution in [0.25, 0.3) is 0 Å². The quantitative estimate of drug-likeness (QED) is 0.421. The summed E-state index contributed by atoms with van der Waals surface area (Å²) in [5.74, 6) is 1.49. The Balaban J connectivity index is 0.00000264. The summed E-state index contributed by atoms with van der Waals surface area (Å²) in [6.07, 6.45) is 1.02. The molecule has 0 amide bonds. The number of hydrogen-bond acceptors (Lipinski definition) is 4. The molecule has 126 valence electrons. The molecule has 0 spiro atoms. The summed E-state index contributed by atoms with van der Waals surface area (Å²) in [4.78, 5) is 12.2. The zero-order chi connectivity index (χ0) is 15.8. The molecule has 0 aliphatic rings. The Morgan fingerprint density at radius 1 is 1.35 bits per heavy atom. The summed E-state index contributed by atoms with van der Waals surface area (Å²) in [7, 11) is 5.46. The van der Waals surface area contributed by atoms with Crippen LogP contribution >= 0.6 is 35.3 Å². The van der Waals surface area contributed by atoms with E-state index in [2.05, 4.69) is 37.7 Å². The standard InChI is InChI=1S/C16H22N4OS.HI/c1-17-16(20(2)10-9-14-7-5-11-22-14)18-12-13-6-4-8-15(19-13)21-3;/h4-8,11H,9-10,12H2,1-3H3,(H,17,18);1H. The van der Waals surface area contributed by atoms with E-state index >= 15 is 0 Å². The van der Waals surface area contributed by atoms with Crippen molar-refractivity contribution in [1.29, 1.82) is 0 Å². The molecule has 7 heteroatoms. The normalized spacial score (nSPS) is 10.8. The molecule has 23 heavy (non-hydrogen) atoms. The van der Waals surface area contributed by atoms with Crippen molar-refractivity contribution in [3.63, 3.8) is 0 Å². The van der Waals surface area contributed by atoms with Gasteiger partial charge in [-0.25, -0.2) is 4.98 Å². The lowest BCUT2D eigenvalue weighted by atomic mass is 10.3. The first-order chi connectivity index (χ1) is 10.7. The molecular formula is C16H23IN4OS. The number of guanidine groups is 1. The third-order valence-corrected chi connectivity index (χ3v) is 4.20. The topological polar surface area (TPSA) is 49.8 Å². The summed E-state index contributed by atoms with van der Waals surface area (Å²) in [5, 5.41) is 5.44. The van der Waals surface area contributed by atoms with Gasteiger partial charge in [-0.2, -0.15) is 0 Å². The highest BCUT2D eigenvalue weighted by Gasteiger charge is 2.07. The van der Waals surface area contributed by atoms with Crippen molar-refractivity contribution in [3.05, 3.63) is 46.3 Å². The van der Waals surface area contributed by atoms with Crippen molar-refractivity contribution >= 4 is 41.3 Å². The number of ether oxygens (including phenoxy) is 1. The lowest BCUT2D eigenvalue weighted by Crippen LogP contribution is -2.39. The fraction of sp³-hybridized carbons (Fsp3) is 0.375. The van der Waals surface area contributed by atoms with Crippen molar-refractivity contribution in [3.8, 4) is 5.88 Å². The van der Waals surface area contributed by atoms with Crippen molar-refractivity contribution in [2.75, 3.05) is 27.7 Å². The molecule has 0 aliphatic carbocycles. The number of thiophene rings is 1. The predicted molar refractivity (Wildman–Crippen MR) is 107 cm³/mol. The van der Waals surface area contributed by atoms with E-state index in [1.807, 2.05) is 25.2 Å². The van der Waals surface area contributed by atoms with Crippen LogP contribution in [0.1, 0.15) is 10.6 Å². The van der Waals surface area contributed by atoms with E-state index in [9.17, 15) is 0 Å². The highest BCUT2D eigenvalue weighted by atomic mass is 127. The molecule has 0 atom stereocenters. The van der Waals surface area contributed by atoms with Gasteiger partial charge in [-0.15, -0.1) is 35.3 Å². The second kappa shape index (κ2) is 10.4. The molecule has 0 radical (unpaired) electrons. The lowest BCUT2D eigenvalue weighted by Gasteiger charge is -2.21. The molecule has 0 saturated heterocycles. The van der Waals surface area contributed by atoms with Crippen molar-refractivity contribution in [2.45, 2.75) is 13.0 Å². The molecule has 2 heterocycles. The Morgan fingerprint density at radius 3 is 2.83 bits per heavy atom. The SMILES string of the molecule is CN=C(NCc1cccc(OC)n1)N(C)CCc1cccs1.I. The Bertz CT molecular complexity index is 604. The third kappa shape index (κ3) is 6.34. The highest BCUT2D eigenvalue weighted by molar-refractivity contribution is 14.0. The largest absolute Gasteiger partial charge is 0.481 e. The molecule has 0 bridgehead atoms.